The highest BCUT2D eigenvalue weighted by Crippen LogP contribution is 2.32. The molecule has 0 radical (unpaired) electrons. The van der Waals surface area contributed by atoms with Crippen LogP contribution in [-0.4, -0.2) is 15.0 Å². The second-order valence-corrected chi connectivity index (χ2v) is 6.20. The second-order valence-electron chi connectivity index (χ2n) is 4.55. The van der Waals surface area contributed by atoms with Crippen LogP contribution in [0.4, 0.5) is 0 Å². The van der Waals surface area contributed by atoms with Crippen molar-refractivity contribution in [1.82, 2.24) is 9.78 Å². The number of hydrogen-bond donors (Lipinski definition) is 0. The van der Waals surface area contributed by atoms with Gasteiger partial charge >= 0.3 is 0 Å². The van der Waals surface area contributed by atoms with Gasteiger partial charge < -0.3 is 0 Å². The molecule has 1 aliphatic carbocycles. The summed E-state index contributed by atoms with van der Waals surface area (Å²) in [6, 6.07) is 0. The van der Waals surface area contributed by atoms with Crippen LogP contribution in [-0.2, 0) is 12.8 Å². The SMILES string of the molecule is Cc1nn(C)c(Cl)c1CSC1CCCCC1. The first-order valence-corrected chi connectivity index (χ1v) is 7.40. The molecule has 1 heterocycles. The van der Waals surface area contributed by atoms with Crippen molar-refractivity contribution in [3.8, 4) is 0 Å². The molecule has 1 aromatic rings. The van der Waals surface area contributed by atoms with Crippen LogP contribution in [0.15, 0.2) is 0 Å². The zero-order chi connectivity index (χ0) is 11.5. The fourth-order valence-electron chi connectivity index (χ4n) is 2.27. The predicted octanol–water partition coefficient (Wildman–Crippen LogP) is 3.95. The third kappa shape index (κ3) is 2.75. The molecule has 0 aliphatic heterocycles. The van der Waals surface area contributed by atoms with E-state index in [9.17, 15) is 0 Å². The fourth-order valence-corrected chi connectivity index (χ4v) is 4.01. The van der Waals surface area contributed by atoms with Crippen LogP contribution in [0.25, 0.3) is 0 Å². The Kier molecular flexibility index (Phi) is 4.20. The second kappa shape index (κ2) is 5.46. The topological polar surface area (TPSA) is 17.8 Å². The number of rotatable bonds is 3. The summed E-state index contributed by atoms with van der Waals surface area (Å²) in [5.74, 6) is 1.02. The van der Waals surface area contributed by atoms with Gasteiger partial charge in [0.2, 0.25) is 0 Å². The van der Waals surface area contributed by atoms with Crippen molar-refractivity contribution < 1.29 is 0 Å². The van der Waals surface area contributed by atoms with Gasteiger partial charge in [0.1, 0.15) is 5.15 Å². The van der Waals surface area contributed by atoms with Gasteiger partial charge in [-0.2, -0.15) is 16.9 Å². The van der Waals surface area contributed by atoms with Gasteiger partial charge in [0.05, 0.1) is 5.69 Å². The first-order chi connectivity index (χ1) is 7.68. The van der Waals surface area contributed by atoms with E-state index in [-0.39, 0.29) is 0 Å². The Labute approximate surface area is 107 Å². The number of thioether (sulfide) groups is 1. The molecular weight excluding hydrogens is 240 g/mol. The highest BCUT2D eigenvalue weighted by molar-refractivity contribution is 7.99. The van der Waals surface area contributed by atoms with E-state index in [2.05, 4.69) is 16.9 Å². The lowest BCUT2D eigenvalue weighted by Gasteiger charge is -2.20. The molecule has 1 fully saturated rings. The molecular formula is C12H19ClN2S. The Morgan fingerprint density at radius 2 is 2.06 bits per heavy atom. The van der Waals surface area contributed by atoms with Crippen molar-refractivity contribution in [1.29, 1.82) is 0 Å². The highest BCUT2D eigenvalue weighted by atomic mass is 35.5. The molecule has 1 aliphatic rings. The maximum Gasteiger partial charge on any atom is 0.131 e. The molecule has 90 valence electrons. The van der Waals surface area contributed by atoms with Crippen LogP contribution in [0, 0.1) is 6.92 Å². The molecule has 0 unspecified atom stereocenters. The summed E-state index contributed by atoms with van der Waals surface area (Å²) in [5.41, 5.74) is 2.30. The van der Waals surface area contributed by atoms with Gasteiger partial charge in [-0.25, -0.2) is 0 Å². The Morgan fingerprint density at radius 1 is 1.38 bits per heavy atom. The van der Waals surface area contributed by atoms with Gasteiger partial charge in [-0.3, -0.25) is 4.68 Å². The Balaban J connectivity index is 1.93. The van der Waals surface area contributed by atoms with Gasteiger partial charge in [0.15, 0.2) is 0 Å². The van der Waals surface area contributed by atoms with Crippen LogP contribution in [0.5, 0.6) is 0 Å². The largest absolute Gasteiger partial charge is 0.257 e. The minimum Gasteiger partial charge on any atom is -0.257 e. The van der Waals surface area contributed by atoms with Crippen LogP contribution < -0.4 is 0 Å². The molecule has 0 N–H and O–H groups in total. The van der Waals surface area contributed by atoms with Crippen molar-refractivity contribution in [2.45, 2.75) is 50.0 Å². The predicted molar refractivity (Wildman–Crippen MR) is 71.1 cm³/mol. The monoisotopic (exact) mass is 258 g/mol. The van der Waals surface area contributed by atoms with E-state index in [1.807, 2.05) is 14.0 Å². The number of aryl methyl sites for hydroxylation is 2. The molecule has 0 bridgehead atoms. The molecule has 1 saturated carbocycles. The van der Waals surface area contributed by atoms with E-state index in [0.717, 1.165) is 21.8 Å². The number of hydrogen-bond acceptors (Lipinski definition) is 2. The molecule has 2 rings (SSSR count). The van der Waals surface area contributed by atoms with Crippen molar-refractivity contribution in [3.05, 3.63) is 16.4 Å². The van der Waals surface area contributed by atoms with Crippen LogP contribution in [0.1, 0.15) is 43.4 Å². The summed E-state index contributed by atoms with van der Waals surface area (Å²) >= 11 is 8.27. The summed E-state index contributed by atoms with van der Waals surface area (Å²) in [4.78, 5) is 0. The molecule has 0 atom stereocenters. The van der Waals surface area contributed by atoms with Crippen molar-refractivity contribution >= 4 is 23.4 Å². The number of nitrogens with zero attached hydrogens (tertiary/aromatic N) is 2. The minimum absolute atomic E-state index is 0.806. The van der Waals surface area contributed by atoms with E-state index >= 15 is 0 Å². The normalized spacial score (nSPS) is 17.9. The average Bonchev–Trinajstić information content (AvgIpc) is 2.53. The van der Waals surface area contributed by atoms with Gasteiger partial charge in [-0.1, -0.05) is 30.9 Å². The summed E-state index contributed by atoms with van der Waals surface area (Å²) in [6.07, 6.45) is 6.97. The van der Waals surface area contributed by atoms with E-state index < -0.39 is 0 Å². The van der Waals surface area contributed by atoms with Gasteiger partial charge in [-0.05, 0) is 19.8 Å². The lowest BCUT2D eigenvalue weighted by Crippen LogP contribution is -2.08. The third-order valence-corrected chi connectivity index (χ3v) is 5.16. The summed E-state index contributed by atoms with van der Waals surface area (Å²) < 4.78 is 1.77. The first-order valence-electron chi connectivity index (χ1n) is 5.98. The zero-order valence-electron chi connectivity index (χ0n) is 10.0. The molecule has 16 heavy (non-hydrogen) atoms. The quantitative estimate of drug-likeness (QED) is 0.817. The lowest BCUT2D eigenvalue weighted by atomic mass is 10.0. The Bertz CT molecular complexity index is 356. The van der Waals surface area contributed by atoms with Crippen LogP contribution >= 0.6 is 23.4 Å². The van der Waals surface area contributed by atoms with Crippen molar-refractivity contribution in [3.63, 3.8) is 0 Å². The van der Waals surface area contributed by atoms with E-state index in [0.29, 0.717) is 0 Å². The number of aromatic nitrogens is 2. The van der Waals surface area contributed by atoms with Crippen molar-refractivity contribution in [2.75, 3.05) is 0 Å². The minimum atomic E-state index is 0.806. The van der Waals surface area contributed by atoms with Crippen LogP contribution in [0.3, 0.4) is 0 Å². The summed E-state index contributed by atoms with van der Waals surface area (Å²) in [5, 5.41) is 5.99. The Hall–Kier alpha value is -0.150. The van der Waals surface area contributed by atoms with E-state index in [4.69, 9.17) is 11.6 Å². The zero-order valence-corrected chi connectivity index (χ0v) is 11.6. The maximum atomic E-state index is 6.22. The third-order valence-electron chi connectivity index (χ3n) is 3.29. The first kappa shape index (κ1) is 12.3. The summed E-state index contributed by atoms with van der Waals surface area (Å²) in [7, 11) is 1.91. The standard InChI is InChI=1S/C12H19ClN2S/c1-9-11(12(13)15(2)14-9)8-16-10-6-4-3-5-7-10/h10H,3-8H2,1-2H3. The lowest BCUT2D eigenvalue weighted by molar-refractivity contribution is 0.516. The fraction of sp³-hybridized carbons (Fsp3) is 0.750. The molecule has 4 heteroatoms. The van der Waals surface area contributed by atoms with E-state index in [1.54, 1.807) is 4.68 Å². The average molecular weight is 259 g/mol. The van der Waals surface area contributed by atoms with Crippen molar-refractivity contribution in [2.24, 2.45) is 7.05 Å². The highest BCUT2D eigenvalue weighted by Gasteiger charge is 2.17. The molecule has 2 nitrogen and oxygen atoms in total. The maximum absolute atomic E-state index is 6.22. The van der Waals surface area contributed by atoms with E-state index in [1.165, 1.54) is 37.7 Å². The Morgan fingerprint density at radius 3 is 2.62 bits per heavy atom. The molecule has 0 amide bonds. The summed E-state index contributed by atoms with van der Waals surface area (Å²) in [6.45, 7) is 2.04. The number of halogens is 1. The molecule has 0 aromatic carbocycles. The van der Waals surface area contributed by atoms with Gasteiger partial charge in [0, 0.05) is 23.6 Å². The van der Waals surface area contributed by atoms with Crippen LogP contribution in [0.2, 0.25) is 5.15 Å². The molecule has 1 aromatic heterocycles. The van der Waals surface area contributed by atoms with Gasteiger partial charge in [-0.15, -0.1) is 0 Å². The smallest absolute Gasteiger partial charge is 0.131 e. The molecule has 0 spiro atoms. The van der Waals surface area contributed by atoms with Gasteiger partial charge in [0.25, 0.3) is 0 Å². The molecule has 0 saturated heterocycles.